The first-order chi connectivity index (χ1) is 10.1. The molecule has 1 aromatic rings. The summed E-state index contributed by atoms with van der Waals surface area (Å²) in [6, 6.07) is 1.92. The van der Waals surface area contributed by atoms with Gasteiger partial charge in [0.1, 0.15) is 0 Å². The van der Waals surface area contributed by atoms with Crippen LogP contribution in [-0.4, -0.2) is 32.8 Å². The van der Waals surface area contributed by atoms with Gasteiger partial charge in [0.25, 0.3) is 5.91 Å². The minimum absolute atomic E-state index is 0.136. The Morgan fingerprint density at radius 2 is 2.14 bits per heavy atom. The molecule has 0 bridgehead atoms. The average Bonchev–Trinajstić information content (AvgIpc) is 3.15. The standard InChI is InChI=1S/C14H19NO4S2/c16-14(13-12(6-8-20-13)10-4-5-10)15-21(17,18)9-11-3-1-2-7-19-11/h6,8,10-11H,1-5,7,9H2,(H,15,16)/t11-/m1/s1. The van der Waals surface area contributed by atoms with Crippen LogP contribution in [0.2, 0.25) is 0 Å². The zero-order chi connectivity index (χ0) is 14.9. The molecule has 2 fully saturated rings. The van der Waals surface area contributed by atoms with Crippen molar-refractivity contribution < 1.29 is 17.9 Å². The predicted octanol–water partition coefficient (Wildman–Crippen LogP) is 2.25. The van der Waals surface area contributed by atoms with E-state index in [0.29, 0.717) is 17.4 Å². The summed E-state index contributed by atoms with van der Waals surface area (Å²) >= 11 is 1.31. The lowest BCUT2D eigenvalue weighted by Crippen LogP contribution is -2.38. The number of hydrogen-bond donors (Lipinski definition) is 1. The van der Waals surface area contributed by atoms with Crippen LogP contribution in [0.5, 0.6) is 0 Å². The molecule has 0 aromatic carbocycles. The predicted molar refractivity (Wildman–Crippen MR) is 81.1 cm³/mol. The van der Waals surface area contributed by atoms with Gasteiger partial charge in [0.2, 0.25) is 10.0 Å². The lowest BCUT2D eigenvalue weighted by molar-refractivity contribution is 0.0304. The molecule has 1 N–H and O–H groups in total. The summed E-state index contributed by atoms with van der Waals surface area (Å²) in [5.74, 6) is -0.202. The third-order valence-electron chi connectivity index (χ3n) is 3.85. The number of carbonyl (C=O) groups is 1. The molecule has 0 spiro atoms. The molecule has 1 saturated carbocycles. The Morgan fingerprint density at radius 3 is 2.81 bits per heavy atom. The molecular weight excluding hydrogens is 310 g/mol. The number of hydrogen-bond acceptors (Lipinski definition) is 5. The summed E-state index contributed by atoms with van der Waals surface area (Å²) in [7, 11) is -3.65. The van der Waals surface area contributed by atoms with Gasteiger partial charge in [0, 0.05) is 6.61 Å². The molecule has 116 valence electrons. The van der Waals surface area contributed by atoms with E-state index in [-0.39, 0.29) is 11.9 Å². The van der Waals surface area contributed by atoms with Gasteiger partial charge in [-0.1, -0.05) is 0 Å². The van der Waals surface area contributed by atoms with Gasteiger partial charge in [-0.15, -0.1) is 11.3 Å². The molecule has 2 heterocycles. The van der Waals surface area contributed by atoms with E-state index in [1.165, 1.54) is 11.3 Å². The maximum absolute atomic E-state index is 12.2. The Morgan fingerprint density at radius 1 is 1.33 bits per heavy atom. The van der Waals surface area contributed by atoms with Crippen molar-refractivity contribution in [3.63, 3.8) is 0 Å². The third kappa shape index (κ3) is 3.84. The number of thiophene rings is 1. The number of nitrogens with one attached hydrogen (secondary N) is 1. The maximum atomic E-state index is 12.2. The monoisotopic (exact) mass is 329 g/mol. The highest BCUT2D eigenvalue weighted by atomic mass is 32.2. The summed E-state index contributed by atoms with van der Waals surface area (Å²) in [6.07, 6.45) is 4.56. The highest BCUT2D eigenvalue weighted by molar-refractivity contribution is 7.90. The summed E-state index contributed by atoms with van der Waals surface area (Å²) in [4.78, 5) is 12.7. The van der Waals surface area contributed by atoms with Gasteiger partial charge in [0.15, 0.2) is 0 Å². The van der Waals surface area contributed by atoms with Crippen LogP contribution in [0.25, 0.3) is 0 Å². The van der Waals surface area contributed by atoms with Crippen LogP contribution in [0.1, 0.15) is 53.3 Å². The number of amides is 1. The highest BCUT2D eigenvalue weighted by Gasteiger charge is 2.31. The molecule has 2 aliphatic rings. The Labute approximate surface area is 128 Å². The average molecular weight is 329 g/mol. The summed E-state index contributed by atoms with van der Waals surface area (Å²) in [5.41, 5.74) is 0.988. The lowest BCUT2D eigenvalue weighted by atomic mass is 10.1. The van der Waals surface area contributed by atoms with Crippen molar-refractivity contribution in [1.82, 2.24) is 4.72 Å². The molecular formula is C14H19NO4S2. The van der Waals surface area contributed by atoms with Crippen molar-refractivity contribution in [1.29, 1.82) is 0 Å². The van der Waals surface area contributed by atoms with E-state index in [0.717, 1.165) is 37.7 Å². The van der Waals surface area contributed by atoms with Gasteiger partial charge in [0.05, 0.1) is 16.7 Å². The van der Waals surface area contributed by atoms with Crippen molar-refractivity contribution in [2.45, 2.75) is 44.1 Å². The van der Waals surface area contributed by atoms with Crippen molar-refractivity contribution in [2.24, 2.45) is 0 Å². The van der Waals surface area contributed by atoms with Crippen molar-refractivity contribution >= 4 is 27.3 Å². The van der Waals surface area contributed by atoms with Gasteiger partial charge in [-0.2, -0.15) is 0 Å². The fourth-order valence-electron chi connectivity index (χ4n) is 2.63. The number of sulfonamides is 1. The number of carbonyl (C=O) groups excluding carboxylic acids is 1. The molecule has 5 nitrogen and oxygen atoms in total. The van der Waals surface area contributed by atoms with Crippen LogP contribution in [0, 0.1) is 0 Å². The zero-order valence-electron chi connectivity index (χ0n) is 11.7. The van der Waals surface area contributed by atoms with E-state index in [9.17, 15) is 13.2 Å². The topological polar surface area (TPSA) is 72.5 Å². The van der Waals surface area contributed by atoms with Gasteiger partial charge >= 0.3 is 0 Å². The van der Waals surface area contributed by atoms with Crippen molar-refractivity contribution in [3.8, 4) is 0 Å². The number of ether oxygens (including phenoxy) is 1. The van der Waals surface area contributed by atoms with Gasteiger partial charge in [-0.05, 0) is 55.0 Å². The normalized spacial score (nSPS) is 23.0. The van der Waals surface area contributed by atoms with E-state index < -0.39 is 15.9 Å². The Bertz CT molecular complexity index is 613. The molecule has 1 atom stereocenters. The van der Waals surface area contributed by atoms with E-state index in [1.807, 2.05) is 11.4 Å². The second-order valence-corrected chi connectivity index (χ2v) is 8.36. The van der Waals surface area contributed by atoms with Crippen LogP contribution >= 0.6 is 11.3 Å². The fourth-order valence-corrected chi connectivity index (χ4v) is 4.80. The summed E-state index contributed by atoms with van der Waals surface area (Å²) < 4.78 is 31.8. The summed E-state index contributed by atoms with van der Waals surface area (Å²) in [6.45, 7) is 0.602. The molecule has 3 rings (SSSR count). The molecule has 1 aromatic heterocycles. The minimum Gasteiger partial charge on any atom is -0.377 e. The quantitative estimate of drug-likeness (QED) is 0.899. The molecule has 0 radical (unpaired) electrons. The SMILES string of the molecule is O=C(NS(=O)(=O)C[C@H]1CCCCO1)c1sccc1C1CC1. The van der Waals surface area contributed by atoms with Gasteiger partial charge in [-0.25, -0.2) is 13.1 Å². The Balaban J connectivity index is 1.63. The fraction of sp³-hybridized carbons (Fsp3) is 0.643. The summed E-state index contributed by atoms with van der Waals surface area (Å²) in [5, 5.41) is 1.85. The molecule has 1 aliphatic heterocycles. The van der Waals surface area contributed by atoms with Crippen molar-refractivity contribution in [2.75, 3.05) is 12.4 Å². The highest BCUT2D eigenvalue weighted by Crippen LogP contribution is 2.43. The van der Waals surface area contributed by atoms with Crippen LogP contribution in [0.3, 0.4) is 0 Å². The molecule has 7 heteroatoms. The molecule has 1 aliphatic carbocycles. The zero-order valence-corrected chi connectivity index (χ0v) is 13.3. The van der Waals surface area contributed by atoms with Crippen LogP contribution in [0.4, 0.5) is 0 Å². The first-order valence-electron chi connectivity index (χ1n) is 7.29. The molecule has 1 saturated heterocycles. The Hall–Kier alpha value is -0.920. The Kier molecular flexibility index (Phi) is 4.33. The number of rotatable bonds is 5. The molecule has 0 unspecified atom stereocenters. The minimum atomic E-state index is -3.65. The van der Waals surface area contributed by atoms with Crippen molar-refractivity contribution in [3.05, 3.63) is 21.9 Å². The van der Waals surface area contributed by atoms with Crippen LogP contribution in [0.15, 0.2) is 11.4 Å². The molecule has 1 amide bonds. The molecule has 21 heavy (non-hydrogen) atoms. The van der Waals surface area contributed by atoms with E-state index in [2.05, 4.69) is 4.72 Å². The van der Waals surface area contributed by atoms with Gasteiger partial charge < -0.3 is 4.74 Å². The third-order valence-corrected chi connectivity index (χ3v) is 6.08. The van der Waals surface area contributed by atoms with Gasteiger partial charge in [-0.3, -0.25) is 4.79 Å². The second kappa shape index (κ2) is 6.06. The van der Waals surface area contributed by atoms with E-state index >= 15 is 0 Å². The largest absolute Gasteiger partial charge is 0.377 e. The smallest absolute Gasteiger partial charge is 0.275 e. The van der Waals surface area contributed by atoms with E-state index in [4.69, 9.17) is 4.74 Å². The van der Waals surface area contributed by atoms with E-state index in [1.54, 1.807) is 0 Å². The first-order valence-corrected chi connectivity index (χ1v) is 9.82. The lowest BCUT2D eigenvalue weighted by Gasteiger charge is -2.22. The maximum Gasteiger partial charge on any atom is 0.275 e. The second-order valence-electron chi connectivity index (χ2n) is 5.68. The first kappa shape index (κ1) is 15.0. The van der Waals surface area contributed by atoms with Crippen LogP contribution < -0.4 is 4.72 Å². The van der Waals surface area contributed by atoms with Crippen LogP contribution in [-0.2, 0) is 14.8 Å².